The molecule has 0 fully saturated rings. The van der Waals surface area contributed by atoms with Gasteiger partial charge in [0.15, 0.2) is 0 Å². The van der Waals surface area contributed by atoms with Gasteiger partial charge in [0.1, 0.15) is 0 Å². The Labute approximate surface area is 105 Å². The van der Waals surface area contributed by atoms with Gasteiger partial charge in [0, 0.05) is 0 Å². The van der Waals surface area contributed by atoms with Crippen molar-refractivity contribution in [2.75, 3.05) is 0 Å². The van der Waals surface area contributed by atoms with E-state index in [0.29, 0.717) is 0 Å². The molecule has 0 aliphatic rings. The maximum absolute atomic E-state index is 3.89. The third kappa shape index (κ3) is 3.09. The summed E-state index contributed by atoms with van der Waals surface area (Å²) in [5.74, 6) is 0. The van der Waals surface area contributed by atoms with Crippen LogP contribution in [0, 0.1) is 13.8 Å². The van der Waals surface area contributed by atoms with E-state index in [1.54, 1.807) is 0 Å². The van der Waals surface area contributed by atoms with Crippen molar-refractivity contribution in [2.45, 2.75) is 39.0 Å². The molecule has 2 aromatic carbocycles. The zero-order chi connectivity index (χ0) is 12.1. The minimum absolute atomic E-state index is 1.06. The first kappa shape index (κ1) is 12.2. The van der Waals surface area contributed by atoms with Gasteiger partial charge in [0.05, 0.1) is 0 Å². The van der Waals surface area contributed by atoms with Crippen LogP contribution in [0.1, 0.15) is 36.8 Å². The Kier molecular flexibility index (Phi) is 4.19. The monoisotopic (exact) mass is 225 g/mol. The van der Waals surface area contributed by atoms with Gasteiger partial charge < -0.3 is 0 Å². The Morgan fingerprint density at radius 2 is 1.82 bits per heavy atom. The molecule has 2 rings (SSSR count). The molecule has 0 aliphatic carbocycles. The molecule has 0 aromatic heterocycles. The lowest BCUT2D eigenvalue weighted by Gasteiger charge is -2.08. The number of benzene rings is 2. The van der Waals surface area contributed by atoms with Crippen LogP contribution in [0.25, 0.3) is 10.8 Å². The highest BCUT2D eigenvalue weighted by atomic mass is 14.1. The van der Waals surface area contributed by atoms with Gasteiger partial charge in [-0.1, -0.05) is 68.1 Å². The molecule has 17 heavy (non-hydrogen) atoms. The first-order valence-electron chi connectivity index (χ1n) is 6.59. The number of hydrogen-bond acceptors (Lipinski definition) is 0. The average Bonchev–Trinajstić information content (AvgIpc) is 2.34. The maximum atomic E-state index is 3.89. The van der Waals surface area contributed by atoms with Gasteiger partial charge in [-0.25, -0.2) is 0 Å². The van der Waals surface area contributed by atoms with E-state index < -0.39 is 0 Å². The van der Waals surface area contributed by atoms with E-state index in [4.69, 9.17) is 0 Å². The molecule has 0 heterocycles. The summed E-state index contributed by atoms with van der Waals surface area (Å²) >= 11 is 0. The topological polar surface area (TPSA) is 0 Å². The molecule has 0 saturated heterocycles. The van der Waals surface area contributed by atoms with E-state index in [1.807, 2.05) is 0 Å². The van der Waals surface area contributed by atoms with Crippen LogP contribution in [0.15, 0.2) is 36.4 Å². The average molecular weight is 225 g/mol. The number of fused-ring (bicyclic) bond motifs is 1. The van der Waals surface area contributed by atoms with Crippen LogP contribution in [-0.2, 0) is 6.42 Å². The fraction of sp³-hybridized carbons (Fsp3) is 0.353. The van der Waals surface area contributed by atoms with Crippen LogP contribution in [0.2, 0.25) is 0 Å². The molecule has 0 nitrogen and oxygen atoms in total. The van der Waals surface area contributed by atoms with Crippen LogP contribution < -0.4 is 0 Å². The maximum Gasteiger partial charge on any atom is -0.0152 e. The summed E-state index contributed by atoms with van der Waals surface area (Å²) in [5.41, 5.74) is 2.88. The molecule has 1 radical (unpaired) electrons. The molecule has 0 amide bonds. The Morgan fingerprint density at radius 3 is 2.65 bits per heavy atom. The Morgan fingerprint density at radius 1 is 1.00 bits per heavy atom. The Bertz CT molecular complexity index is 482. The number of unbranched alkanes of at least 4 members (excludes halogenated alkanes) is 3. The van der Waals surface area contributed by atoms with Gasteiger partial charge in [-0.15, -0.1) is 0 Å². The van der Waals surface area contributed by atoms with E-state index in [0.717, 1.165) is 6.42 Å². The summed E-state index contributed by atoms with van der Waals surface area (Å²) in [6, 6.07) is 13.3. The number of hydrogen-bond donors (Lipinski definition) is 0. The molecular weight excluding hydrogens is 204 g/mol. The van der Waals surface area contributed by atoms with Crippen molar-refractivity contribution >= 4 is 10.8 Å². The van der Waals surface area contributed by atoms with Crippen molar-refractivity contribution in [1.82, 2.24) is 0 Å². The summed E-state index contributed by atoms with van der Waals surface area (Å²) in [7, 11) is 0. The smallest absolute Gasteiger partial charge is 0.0152 e. The van der Waals surface area contributed by atoms with E-state index in [-0.39, 0.29) is 0 Å². The summed E-state index contributed by atoms with van der Waals surface area (Å²) in [5, 5.41) is 2.80. The molecule has 0 aliphatic heterocycles. The highest BCUT2D eigenvalue weighted by Crippen LogP contribution is 2.22. The van der Waals surface area contributed by atoms with Crippen LogP contribution >= 0.6 is 0 Å². The molecule has 0 heteroatoms. The minimum Gasteiger partial charge on any atom is -0.0616 e. The van der Waals surface area contributed by atoms with Crippen molar-refractivity contribution in [3.05, 3.63) is 54.4 Å². The second kappa shape index (κ2) is 5.86. The lowest BCUT2D eigenvalue weighted by atomic mass is 9.97. The van der Waals surface area contributed by atoms with Crippen molar-refractivity contribution in [3.63, 3.8) is 0 Å². The molecular formula is C17H21. The zero-order valence-corrected chi connectivity index (χ0v) is 10.7. The fourth-order valence-corrected chi connectivity index (χ4v) is 2.43. The Balaban J connectivity index is 2.20. The third-order valence-electron chi connectivity index (χ3n) is 3.29. The van der Waals surface area contributed by atoms with Gasteiger partial charge in [-0.05, 0) is 36.1 Å². The molecule has 2 aromatic rings. The van der Waals surface area contributed by atoms with Crippen LogP contribution in [0.3, 0.4) is 0 Å². The molecule has 0 saturated carbocycles. The first-order chi connectivity index (χ1) is 8.31. The van der Waals surface area contributed by atoms with Crippen LogP contribution in [-0.4, -0.2) is 0 Å². The molecule has 0 atom stereocenters. The summed E-state index contributed by atoms with van der Waals surface area (Å²) < 4.78 is 0. The number of rotatable bonds is 5. The van der Waals surface area contributed by atoms with Gasteiger partial charge in [-0.2, -0.15) is 0 Å². The minimum atomic E-state index is 1.06. The standard InChI is InChI=1S/C17H21/c1-3-4-5-6-9-15-12-14(2)13-16-10-7-8-11-17(15)16/h7-8,10-13H,1,3-6,9H2,2H3. The van der Waals surface area contributed by atoms with Crippen LogP contribution in [0.5, 0.6) is 0 Å². The second-order valence-corrected chi connectivity index (χ2v) is 4.81. The molecule has 0 spiro atoms. The van der Waals surface area contributed by atoms with Crippen molar-refractivity contribution in [1.29, 1.82) is 0 Å². The van der Waals surface area contributed by atoms with Gasteiger partial charge in [0.25, 0.3) is 0 Å². The SMILES string of the molecule is [CH2]CCCCCc1cc(C)cc2ccccc12. The molecule has 0 bridgehead atoms. The summed E-state index contributed by atoms with van der Waals surface area (Å²) in [4.78, 5) is 0. The number of aryl methyl sites for hydroxylation is 2. The summed E-state index contributed by atoms with van der Waals surface area (Å²) in [6.45, 7) is 6.08. The van der Waals surface area contributed by atoms with Crippen LogP contribution in [0.4, 0.5) is 0 Å². The summed E-state index contributed by atoms with van der Waals surface area (Å²) in [6.07, 6.45) is 6.09. The normalized spacial score (nSPS) is 10.9. The van der Waals surface area contributed by atoms with Crippen molar-refractivity contribution in [2.24, 2.45) is 0 Å². The van der Waals surface area contributed by atoms with E-state index >= 15 is 0 Å². The Hall–Kier alpha value is -1.30. The first-order valence-corrected chi connectivity index (χ1v) is 6.59. The highest BCUT2D eigenvalue weighted by Gasteiger charge is 2.01. The highest BCUT2D eigenvalue weighted by molar-refractivity contribution is 5.86. The molecule has 89 valence electrons. The quantitative estimate of drug-likeness (QED) is 0.622. The second-order valence-electron chi connectivity index (χ2n) is 4.81. The van der Waals surface area contributed by atoms with Crippen molar-refractivity contribution < 1.29 is 0 Å². The molecule has 0 N–H and O–H groups in total. The van der Waals surface area contributed by atoms with E-state index in [9.17, 15) is 0 Å². The lowest BCUT2D eigenvalue weighted by molar-refractivity contribution is 0.687. The predicted molar refractivity (Wildman–Crippen MR) is 76.2 cm³/mol. The fourth-order valence-electron chi connectivity index (χ4n) is 2.43. The third-order valence-corrected chi connectivity index (χ3v) is 3.29. The van der Waals surface area contributed by atoms with Crippen molar-refractivity contribution in [3.8, 4) is 0 Å². The van der Waals surface area contributed by atoms with Gasteiger partial charge in [-0.3, -0.25) is 0 Å². The van der Waals surface area contributed by atoms with Gasteiger partial charge in [0.2, 0.25) is 0 Å². The molecule has 0 unspecified atom stereocenters. The van der Waals surface area contributed by atoms with E-state index in [2.05, 4.69) is 50.2 Å². The predicted octanol–water partition coefficient (Wildman–Crippen LogP) is 5.09. The zero-order valence-electron chi connectivity index (χ0n) is 10.7. The largest absolute Gasteiger partial charge is 0.0616 e. The van der Waals surface area contributed by atoms with E-state index in [1.165, 1.54) is 47.6 Å². The van der Waals surface area contributed by atoms with Gasteiger partial charge >= 0.3 is 0 Å². The lowest BCUT2D eigenvalue weighted by Crippen LogP contribution is -1.90.